The van der Waals surface area contributed by atoms with E-state index in [1.54, 1.807) is 23.2 Å². The maximum absolute atomic E-state index is 13.4. The van der Waals surface area contributed by atoms with Crippen molar-refractivity contribution < 1.29 is 4.79 Å². The van der Waals surface area contributed by atoms with Crippen LogP contribution in [0.1, 0.15) is 15.9 Å². The Balaban J connectivity index is 1.39. The summed E-state index contributed by atoms with van der Waals surface area (Å²) in [7, 11) is 1.82. The molecular weight excluding hydrogens is 404 g/mol. The molecule has 8 nitrogen and oxygen atoms in total. The lowest BCUT2D eigenvalue weighted by Gasteiger charge is -2.35. The second kappa shape index (κ2) is 8.39. The van der Waals surface area contributed by atoms with E-state index in [1.807, 2.05) is 54.5 Å². The molecule has 8 heteroatoms. The molecule has 0 radical (unpaired) electrons. The number of benzene rings is 1. The van der Waals surface area contributed by atoms with Crippen LogP contribution in [-0.2, 0) is 13.6 Å². The summed E-state index contributed by atoms with van der Waals surface area (Å²) >= 11 is 0. The van der Waals surface area contributed by atoms with Gasteiger partial charge in [-0.2, -0.15) is 9.78 Å². The number of pyridine rings is 2. The van der Waals surface area contributed by atoms with Gasteiger partial charge in [-0.3, -0.25) is 19.5 Å². The van der Waals surface area contributed by atoms with Crippen LogP contribution in [0.25, 0.3) is 16.9 Å². The molecule has 3 aliphatic rings. The fraction of sp³-hybridized carbons (Fsp3) is 0.250. The zero-order valence-corrected chi connectivity index (χ0v) is 17.9. The summed E-state index contributed by atoms with van der Waals surface area (Å²) in [5.74, 6) is -0.0926. The molecule has 1 amide bonds. The largest absolute Gasteiger partial charge is 0.356 e. The van der Waals surface area contributed by atoms with Gasteiger partial charge >= 0.3 is 0 Å². The van der Waals surface area contributed by atoms with E-state index < -0.39 is 0 Å². The molecule has 0 aliphatic carbocycles. The molecule has 32 heavy (non-hydrogen) atoms. The number of fused-ring (bicyclic) bond motifs is 1. The third-order valence-electron chi connectivity index (χ3n) is 5.82. The normalized spacial score (nSPS) is 14.7. The molecule has 0 atom stereocenters. The zero-order valence-electron chi connectivity index (χ0n) is 17.9. The second-order valence-corrected chi connectivity index (χ2v) is 8.08. The third-order valence-corrected chi connectivity index (χ3v) is 5.82. The molecule has 162 valence electrons. The van der Waals surface area contributed by atoms with Crippen LogP contribution in [0.4, 0.5) is 0 Å². The summed E-state index contributed by atoms with van der Waals surface area (Å²) in [6, 6.07) is 13.3. The van der Waals surface area contributed by atoms with Crippen molar-refractivity contribution in [2.24, 2.45) is 7.05 Å². The highest BCUT2D eigenvalue weighted by molar-refractivity contribution is 6.00. The molecule has 3 aliphatic heterocycles. The van der Waals surface area contributed by atoms with E-state index in [0.717, 1.165) is 19.6 Å². The number of carbonyl (C=O) groups excluding carboxylic acids is 1. The smallest absolute Gasteiger partial charge is 0.282 e. The van der Waals surface area contributed by atoms with E-state index in [9.17, 15) is 9.59 Å². The number of hydrogen-bond acceptors (Lipinski definition) is 5. The van der Waals surface area contributed by atoms with Crippen molar-refractivity contribution in [1.29, 1.82) is 0 Å². The van der Waals surface area contributed by atoms with Gasteiger partial charge in [-0.25, -0.2) is 0 Å². The number of para-hydroxylation sites is 1. The first-order valence-corrected chi connectivity index (χ1v) is 10.6. The lowest BCUT2D eigenvalue weighted by atomic mass is 10.1. The average molecular weight is 428 g/mol. The Morgan fingerprint density at radius 3 is 2.50 bits per heavy atom. The predicted molar refractivity (Wildman–Crippen MR) is 121 cm³/mol. The van der Waals surface area contributed by atoms with Crippen LogP contribution in [0.15, 0.2) is 72.0 Å². The summed E-state index contributed by atoms with van der Waals surface area (Å²) < 4.78 is 3.12. The molecule has 0 unspecified atom stereocenters. The third kappa shape index (κ3) is 3.80. The maximum atomic E-state index is 13.4. The van der Waals surface area contributed by atoms with Crippen molar-refractivity contribution >= 4 is 5.91 Å². The van der Waals surface area contributed by atoms with E-state index in [-0.39, 0.29) is 11.5 Å². The highest BCUT2D eigenvalue weighted by Gasteiger charge is 2.28. The van der Waals surface area contributed by atoms with E-state index in [2.05, 4.69) is 21.0 Å². The van der Waals surface area contributed by atoms with Crippen molar-refractivity contribution in [3.8, 4) is 16.9 Å². The number of aromatic nitrogens is 4. The van der Waals surface area contributed by atoms with E-state index in [1.165, 1.54) is 10.2 Å². The molecule has 2 aromatic rings. The van der Waals surface area contributed by atoms with Gasteiger partial charge in [-0.15, -0.1) is 0 Å². The highest BCUT2D eigenvalue weighted by atomic mass is 16.2. The Hall–Kier alpha value is -3.78. The number of carbonyl (C=O) groups is 1. The standard InChI is InChI=1S/C24H24N6O2/c1-27-16-20(22-21(17-27)24(32)30(26-22)19-7-3-2-4-8-19)23(31)29-12-10-28(11-13-29)15-18-6-5-9-25-14-18/h2-9,14,16-17H,10-13,15H2,1H3. The summed E-state index contributed by atoms with van der Waals surface area (Å²) in [6.45, 7) is 3.65. The van der Waals surface area contributed by atoms with Crippen LogP contribution in [0.3, 0.4) is 0 Å². The Bertz CT molecular complexity index is 1260. The van der Waals surface area contributed by atoms with Gasteiger partial charge < -0.3 is 9.47 Å². The lowest BCUT2D eigenvalue weighted by Crippen LogP contribution is -2.48. The Labute approximate surface area is 185 Å². The van der Waals surface area contributed by atoms with Gasteiger partial charge in [-0.1, -0.05) is 24.3 Å². The van der Waals surface area contributed by atoms with E-state index in [4.69, 9.17) is 0 Å². The Kier molecular flexibility index (Phi) is 5.28. The molecule has 0 bridgehead atoms. The Morgan fingerprint density at radius 2 is 1.78 bits per heavy atom. The predicted octanol–water partition coefficient (Wildman–Crippen LogP) is 2.03. The topological polar surface area (TPSA) is 76.3 Å². The van der Waals surface area contributed by atoms with Crippen LogP contribution < -0.4 is 5.56 Å². The first kappa shape index (κ1) is 20.1. The molecule has 0 N–H and O–H groups in total. The number of hydrogen-bond donors (Lipinski definition) is 0. The van der Waals surface area contributed by atoms with Crippen LogP contribution in [0.2, 0.25) is 0 Å². The van der Waals surface area contributed by atoms with Gasteiger partial charge in [0.2, 0.25) is 0 Å². The van der Waals surface area contributed by atoms with Crippen molar-refractivity contribution in [3.05, 3.63) is 88.7 Å². The highest BCUT2D eigenvalue weighted by Crippen LogP contribution is 2.24. The van der Waals surface area contributed by atoms with Crippen LogP contribution >= 0.6 is 0 Å². The first-order chi connectivity index (χ1) is 15.6. The molecule has 1 aromatic carbocycles. The summed E-state index contributed by atoms with van der Waals surface area (Å²) in [5.41, 5.74) is 2.96. The monoisotopic (exact) mass is 428 g/mol. The summed E-state index contributed by atoms with van der Waals surface area (Å²) in [6.07, 6.45) is 7.14. The average Bonchev–Trinajstić information content (AvgIpc) is 3.16. The number of aryl methyl sites for hydroxylation is 1. The zero-order chi connectivity index (χ0) is 22.1. The fourth-order valence-electron chi connectivity index (χ4n) is 4.17. The van der Waals surface area contributed by atoms with Gasteiger partial charge in [0.05, 0.1) is 16.8 Å². The van der Waals surface area contributed by atoms with Gasteiger partial charge in [0, 0.05) is 64.6 Å². The van der Waals surface area contributed by atoms with Crippen molar-refractivity contribution in [3.63, 3.8) is 0 Å². The van der Waals surface area contributed by atoms with Crippen LogP contribution in [-0.4, -0.2) is 61.2 Å². The molecule has 1 aromatic heterocycles. The molecule has 1 saturated heterocycles. The van der Waals surface area contributed by atoms with E-state index in [0.29, 0.717) is 35.6 Å². The quantitative estimate of drug-likeness (QED) is 0.497. The molecule has 5 rings (SSSR count). The van der Waals surface area contributed by atoms with Crippen LogP contribution in [0, 0.1) is 0 Å². The minimum absolute atomic E-state index is 0.0926. The lowest BCUT2D eigenvalue weighted by molar-refractivity contribution is 0.0628. The second-order valence-electron chi connectivity index (χ2n) is 8.08. The minimum atomic E-state index is -0.224. The number of piperazine rings is 1. The van der Waals surface area contributed by atoms with Crippen molar-refractivity contribution in [2.45, 2.75) is 6.54 Å². The summed E-state index contributed by atoms with van der Waals surface area (Å²) in [4.78, 5) is 34.8. The van der Waals surface area contributed by atoms with Gasteiger partial charge in [0.25, 0.3) is 11.5 Å². The number of nitrogens with zero attached hydrogens (tertiary/aromatic N) is 6. The van der Waals surface area contributed by atoms with Crippen LogP contribution in [0.5, 0.6) is 0 Å². The molecule has 4 heterocycles. The maximum Gasteiger partial charge on any atom is 0.282 e. The minimum Gasteiger partial charge on any atom is -0.356 e. The first-order valence-electron chi connectivity index (χ1n) is 10.6. The van der Waals surface area contributed by atoms with Gasteiger partial charge in [0.15, 0.2) is 0 Å². The van der Waals surface area contributed by atoms with Crippen molar-refractivity contribution in [2.75, 3.05) is 26.2 Å². The summed E-state index contributed by atoms with van der Waals surface area (Å²) in [5, 5.41) is 4.54. The van der Waals surface area contributed by atoms with E-state index >= 15 is 0 Å². The molecular formula is C24H24N6O2. The number of amides is 1. The molecule has 0 saturated carbocycles. The van der Waals surface area contributed by atoms with Gasteiger partial charge in [-0.05, 0) is 23.8 Å². The SMILES string of the molecule is Cn1cc(C(=O)N2CCN(Cc3cccnc3)CC2)c2nn(-c3ccccc3)c(=O)c-2c1. The van der Waals surface area contributed by atoms with Gasteiger partial charge in [0.1, 0.15) is 5.69 Å². The molecule has 1 fully saturated rings. The van der Waals surface area contributed by atoms with Crippen molar-refractivity contribution in [1.82, 2.24) is 29.1 Å². The molecule has 0 spiro atoms. The Morgan fingerprint density at radius 1 is 1.00 bits per heavy atom. The number of rotatable bonds is 4. The fourth-order valence-corrected chi connectivity index (χ4v) is 4.17.